The van der Waals surface area contributed by atoms with E-state index in [9.17, 15) is 9.59 Å². The molecule has 0 saturated heterocycles. The maximum Gasteiger partial charge on any atom is 0.332 e. The fourth-order valence-corrected chi connectivity index (χ4v) is 4.04. The molecule has 1 N–H and O–H groups in total. The summed E-state index contributed by atoms with van der Waals surface area (Å²) in [6.07, 6.45) is 2.15. The topological polar surface area (TPSA) is 95.7 Å². The fourth-order valence-electron chi connectivity index (χ4n) is 4.04. The number of aliphatic hydroxyl groups is 1. The molecular weight excluding hydrogens is 422 g/mol. The first-order chi connectivity index (χ1) is 16.0. The molecule has 0 radical (unpaired) electrons. The SMILES string of the molecule is Cc1cn2c3c(=O)n(CCCO)c(=O)n(C)c3nc2n1-c1ccc(Oc2ccccc2)cc1. The van der Waals surface area contributed by atoms with Crippen molar-refractivity contribution in [2.45, 2.75) is 19.9 Å². The molecule has 0 atom stereocenters. The third kappa shape index (κ3) is 3.42. The van der Waals surface area contributed by atoms with E-state index in [1.54, 1.807) is 11.4 Å². The third-order valence-electron chi connectivity index (χ3n) is 5.64. The minimum absolute atomic E-state index is 0.102. The van der Waals surface area contributed by atoms with Crippen LogP contribution in [0, 0.1) is 6.92 Å². The fraction of sp³-hybridized carbons (Fsp3) is 0.208. The van der Waals surface area contributed by atoms with Gasteiger partial charge in [-0.2, -0.15) is 4.98 Å². The monoisotopic (exact) mass is 445 g/mol. The summed E-state index contributed by atoms with van der Waals surface area (Å²) in [4.78, 5) is 30.5. The molecule has 0 bridgehead atoms. The van der Waals surface area contributed by atoms with Crippen molar-refractivity contribution >= 4 is 16.9 Å². The van der Waals surface area contributed by atoms with Crippen LogP contribution in [0.4, 0.5) is 0 Å². The summed E-state index contributed by atoms with van der Waals surface area (Å²) >= 11 is 0. The molecule has 0 unspecified atom stereocenters. The summed E-state index contributed by atoms with van der Waals surface area (Å²) in [5.41, 5.74) is 1.51. The number of hydrogen-bond donors (Lipinski definition) is 1. The Morgan fingerprint density at radius 1 is 1.00 bits per heavy atom. The molecule has 9 heteroatoms. The van der Waals surface area contributed by atoms with Crippen molar-refractivity contribution in [3.05, 3.63) is 87.3 Å². The molecule has 0 aliphatic carbocycles. The van der Waals surface area contributed by atoms with Crippen LogP contribution in [-0.4, -0.2) is 34.8 Å². The van der Waals surface area contributed by atoms with Crippen LogP contribution in [0.1, 0.15) is 12.1 Å². The van der Waals surface area contributed by atoms with Crippen LogP contribution < -0.4 is 16.0 Å². The average molecular weight is 445 g/mol. The van der Waals surface area contributed by atoms with Gasteiger partial charge in [0, 0.05) is 37.8 Å². The molecule has 0 aliphatic rings. The first-order valence-corrected chi connectivity index (χ1v) is 10.6. The van der Waals surface area contributed by atoms with Crippen molar-refractivity contribution in [2.75, 3.05) is 6.61 Å². The van der Waals surface area contributed by atoms with Crippen LogP contribution in [0.25, 0.3) is 22.6 Å². The number of aromatic nitrogens is 5. The van der Waals surface area contributed by atoms with E-state index in [2.05, 4.69) is 4.98 Å². The standard InChI is InChI=1S/C24H23N5O4/c1-16-15-28-20-21(26(2)24(32)27(22(20)31)13-6-14-30)25-23(28)29(16)17-9-11-19(12-10-17)33-18-7-4-3-5-8-18/h3-5,7-12,15,30H,6,13-14H2,1-2H3. The molecule has 3 heterocycles. The molecule has 0 saturated carbocycles. The van der Waals surface area contributed by atoms with E-state index in [1.807, 2.05) is 72.3 Å². The molecule has 0 spiro atoms. The Balaban J connectivity index is 1.62. The Bertz CT molecular complexity index is 1570. The number of para-hydroxylation sites is 1. The van der Waals surface area contributed by atoms with E-state index in [0.29, 0.717) is 29.1 Å². The molecule has 9 nitrogen and oxygen atoms in total. The highest BCUT2D eigenvalue weighted by molar-refractivity contribution is 5.76. The summed E-state index contributed by atoms with van der Waals surface area (Å²) in [7, 11) is 1.60. The number of benzene rings is 2. The Hall–Kier alpha value is -4.11. The number of nitrogens with zero attached hydrogens (tertiary/aromatic N) is 5. The zero-order valence-electron chi connectivity index (χ0n) is 18.3. The van der Waals surface area contributed by atoms with Gasteiger partial charge in [0.05, 0.1) is 0 Å². The van der Waals surface area contributed by atoms with Gasteiger partial charge in [0.25, 0.3) is 5.56 Å². The molecule has 168 valence electrons. The lowest BCUT2D eigenvalue weighted by Crippen LogP contribution is -2.39. The van der Waals surface area contributed by atoms with Crippen molar-refractivity contribution in [3.8, 4) is 17.2 Å². The highest BCUT2D eigenvalue weighted by atomic mass is 16.5. The number of aryl methyl sites for hydroxylation is 2. The van der Waals surface area contributed by atoms with Gasteiger partial charge < -0.3 is 9.84 Å². The Kier molecular flexibility index (Phi) is 5.10. The van der Waals surface area contributed by atoms with Gasteiger partial charge in [0.1, 0.15) is 11.5 Å². The van der Waals surface area contributed by atoms with Crippen molar-refractivity contribution in [1.29, 1.82) is 0 Å². The van der Waals surface area contributed by atoms with E-state index >= 15 is 0 Å². The van der Waals surface area contributed by atoms with Gasteiger partial charge in [-0.1, -0.05) is 18.2 Å². The molecule has 0 amide bonds. The summed E-state index contributed by atoms with van der Waals surface area (Å²) in [6.45, 7) is 1.98. The van der Waals surface area contributed by atoms with Gasteiger partial charge in [-0.3, -0.25) is 22.9 Å². The largest absolute Gasteiger partial charge is 0.457 e. The second-order valence-corrected chi connectivity index (χ2v) is 7.84. The maximum atomic E-state index is 13.1. The van der Waals surface area contributed by atoms with E-state index in [0.717, 1.165) is 21.7 Å². The number of ether oxygens (including phenoxy) is 1. The molecule has 2 aromatic carbocycles. The molecule has 3 aromatic heterocycles. The molecule has 5 rings (SSSR count). The molecule has 5 aromatic rings. The van der Waals surface area contributed by atoms with Gasteiger partial charge in [-0.25, -0.2) is 4.79 Å². The minimum Gasteiger partial charge on any atom is -0.457 e. The summed E-state index contributed by atoms with van der Waals surface area (Å²) in [6, 6.07) is 17.1. The van der Waals surface area contributed by atoms with Gasteiger partial charge in [-0.05, 0) is 49.7 Å². The Morgan fingerprint density at radius 3 is 2.39 bits per heavy atom. The van der Waals surface area contributed by atoms with Crippen molar-refractivity contribution in [3.63, 3.8) is 0 Å². The normalized spacial score (nSPS) is 11.5. The lowest BCUT2D eigenvalue weighted by Gasteiger charge is -2.09. The van der Waals surface area contributed by atoms with E-state index < -0.39 is 11.2 Å². The van der Waals surface area contributed by atoms with Crippen LogP contribution in [0.5, 0.6) is 11.5 Å². The second-order valence-electron chi connectivity index (χ2n) is 7.84. The van der Waals surface area contributed by atoms with E-state index in [1.165, 1.54) is 4.57 Å². The molecule has 0 aliphatic heterocycles. The average Bonchev–Trinajstić information content (AvgIpc) is 3.33. The second kappa shape index (κ2) is 8.10. The third-order valence-corrected chi connectivity index (χ3v) is 5.64. The first kappa shape index (κ1) is 20.8. The first-order valence-electron chi connectivity index (χ1n) is 10.6. The Morgan fingerprint density at radius 2 is 1.70 bits per heavy atom. The van der Waals surface area contributed by atoms with E-state index in [4.69, 9.17) is 9.84 Å². The van der Waals surface area contributed by atoms with Gasteiger partial charge >= 0.3 is 5.69 Å². The summed E-state index contributed by atoms with van der Waals surface area (Å²) in [5, 5.41) is 9.14. The van der Waals surface area contributed by atoms with Crippen LogP contribution in [0.2, 0.25) is 0 Å². The molecule has 0 fully saturated rings. The van der Waals surface area contributed by atoms with Crippen LogP contribution in [-0.2, 0) is 13.6 Å². The van der Waals surface area contributed by atoms with Crippen LogP contribution in [0.15, 0.2) is 70.4 Å². The highest BCUT2D eigenvalue weighted by Crippen LogP contribution is 2.25. The van der Waals surface area contributed by atoms with Crippen molar-refractivity contribution in [2.24, 2.45) is 7.05 Å². The van der Waals surface area contributed by atoms with Crippen molar-refractivity contribution in [1.82, 2.24) is 23.1 Å². The number of imidazole rings is 2. The lowest BCUT2D eigenvalue weighted by atomic mass is 10.3. The van der Waals surface area contributed by atoms with Crippen LogP contribution >= 0.6 is 0 Å². The van der Waals surface area contributed by atoms with E-state index in [-0.39, 0.29) is 13.2 Å². The van der Waals surface area contributed by atoms with Crippen molar-refractivity contribution < 1.29 is 9.84 Å². The van der Waals surface area contributed by atoms with Gasteiger partial charge in [0.2, 0.25) is 5.78 Å². The predicted octanol–water partition coefficient (Wildman–Crippen LogP) is 2.62. The maximum absolute atomic E-state index is 13.1. The predicted molar refractivity (Wildman–Crippen MR) is 124 cm³/mol. The smallest absolute Gasteiger partial charge is 0.332 e. The zero-order chi connectivity index (χ0) is 23.1. The minimum atomic E-state index is -0.451. The quantitative estimate of drug-likeness (QED) is 0.434. The zero-order valence-corrected chi connectivity index (χ0v) is 18.3. The molecule has 33 heavy (non-hydrogen) atoms. The number of hydrogen-bond acceptors (Lipinski definition) is 5. The molecular formula is C24H23N5O4. The van der Waals surface area contributed by atoms with Crippen LogP contribution in [0.3, 0.4) is 0 Å². The Labute approximate surface area is 188 Å². The number of rotatable bonds is 6. The number of aliphatic hydroxyl groups excluding tert-OH is 1. The summed E-state index contributed by atoms with van der Waals surface area (Å²) in [5.74, 6) is 1.99. The highest BCUT2D eigenvalue weighted by Gasteiger charge is 2.20. The lowest BCUT2D eigenvalue weighted by molar-refractivity contribution is 0.277. The van der Waals surface area contributed by atoms with Gasteiger partial charge in [-0.15, -0.1) is 0 Å². The summed E-state index contributed by atoms with van der Waals surface area (Å²) < 4.78 is 12.0. The van der Waals surface area contributed by atoms with Gasteiger partial charge in [0.15, 0.2) is 11.2 Å². The number of fused-ring (bicyclic) bond motifs is 3.